The minimum Gasteiger partial charge on any atom is -0.497 e. The van der Waals surface area contributed by atoms with Gasteiger partial charge < -0.3 is 10.1 Å². The number of thiophene rings is 1. The van der Waals surface area contributed by atoms with Crippen molar-refractivity contribution in [3.63, 3.8) is 0 Å². The van der Waals surface area contributed by atoms with Crippen LogP contribution in [0.5, 0.6) is 5.75 Å². The van der Waals surface area contributed by atoms with Gasteiger partial charge in [-0.3, -0.25) is 14.5 Å². The van der Waals surface area contributed by atoms with Gasteiger partial charge in [-0.05, 0) is 90.3 Å². The molecule has 4 aromatic rings. The maximum atomic E-state index is 13.3. The number of aryl methyl sites for hydroxylation is 2. The zero-order valence-electron chi connectivity index (χ0n) is 18.9. The first-order valence-corrected chi connectivity index (χ1v) is 12.7. The van der Waals surface area contributed by atoms with Crippen LogP contribution in [0.1, 0.15) is 40.5 Å². The Morgan fingerprint density at radius 1 is 1.18 bits per heavy atom. The van der Waals surface area contributed by atoms with Crippen LogP contribution >= 0.6 is 23.6 Å². The van der Waals surface area contributed by atoms with Crippen LogP contribution in [-0.4, -0.2) is 27.8 Å². The topological polar surface area (TPSA) is 71.9 Å². The third-order valence-electron chi connectivity index (χ3n) is 6.25. The van der Waals surface area contributed by atoms with Crippen molar-refractivity contribution in [2.24, 2.45) is 0 Å². The van der Waals surface area contributed by atoms with Gasteiger partial charge in [0.25, 0.3) is 0 Å². The van der Waals surface area contributed by atoms with Crippen molar-refractivity contribution in [3.8, 4) is 17.1 Å². The van der Waals surface area contributed by atoms with Crippen LogP contribution < -0.4 is 10.1 Å². The lowest BCUT2D eigenvalue weighted by Crippen LogP contribution is -2.32. The number of rotatable bonds is 7. The number of carbonyl (C=O) groups excluding carboxylic acids is 1. The van der Waals surface area contributed by atoms with Gasteiger partial charge in [-0.2, -0.15) is 5.10 Å². The second-order valence-electron chi connectivity index (χ2n) is 8.42. The highest BCUT2D eigenvalue weighted by Crippen LogP contribution is 2.30. The van der Waals surface area contributed by atoms with Crippen molar-refractivity contribution in [2.75, 3.05) is 7.11 Å². The van der Waals surface area contributed by atoms with Gasteiger partial charge in [-0.15, -0.1) is 11.3 Å². The van der Waals surface area contributed by atoms with E-state index in [1.54, 1.807) is 23.0 Å². The van der Waals surface area contributed by atoms with Gasteiger partial charge in [-0.1, -0.05) is 24.3 Å². The molecule has 1 unspecified atom stereocenters. The fraction of sp³-hybridized carbons (Fsp3) is 0.269. The van der Waals surface area contributed by atoms with Crippen molar-refractivity contribution >= 4 is 29.5 Å². The Morgan fingerprint density at radius 3 is 2.71 bits per heavy atom. The molecule has 0 bridgehead atoms. The van der Waals surface area contributed by atoms with Crippen molar-refractivity contribution in [1.29, 1.82) is 0 Å². The summed E-state index contributed by atoms with van der Waals surface area (Å²) in [5.41, 5.74) is 4.80. The van der Waals surface area contributed by atoms with Gasteiger partial charge in [-0.25, -0.2) is 0 Å². The van der Waals surface area contributed by atoms with Gasteiger partial charge in [0.2, 0.25) is 5.91 Å². The lowest BCUT2D eigenvalue weighted by Gasteiger charge is -2.22. The highest BCUT2D eigenvalue weighted by molar-refractivity contribution is 7.71. The van der Waals surface area contributed by atoms with Crippen LogP contribution in [-0.2, 0) is 24.2 Å². The zero-order chi connectivity index (χ0) is 23.5. The molecule has 0 aliphatic heterocycles. The summed E-state index contributed by atoms with van der Waals surface area (Å²) in [6, 6.07) is 18.1. The second kappa shape index (κ2) is 9.95. The molecule has 5 rings (SSSR count). The number of aromatic nitrogens is 3. The summed E-state index contributed by atoms with van der Waals surface area (Å²) in [4.78, 5) is 14.4. The average molecular weight is 491 g/mol. The number of H-pyrrole nitrogens is 1. The number of aromatic amines is 1. The standard InChI is InChI=1S/C26H26N4O2S2/c1-32-21-12-10-18(11-13-21)25-28-29-26(33)30(25)16-23(31)27-24(22-7-4-14-34-22)20-9-8-17-5-2-3-6-19(17)15-20/h4,7-15,24H,2-3,5-6,16H2,1H3,(H,27,31)(H,29,33). The molecule has 6 nitrogen and oxygen atoms in total. The Morgan fingerprint density at radius 2 is 1.97 bits per heavy atom. The lowest BCUT2D eigenvalue weighted by atomic mass is 9.89. The van der Waals surface area contributed by atoms with Crippen molar-refractivity contribution < 1.29 is 9.53 Å². The van der Waals surface area contributed by atoms with E-state index in [0.29, 0.717) is 10.6 Å². The molecule has 1 aliphatic carbocycles. The Bertz CT molecular complexity index is 1340. The van der Waals surface area contributed by atoms with E-state index in [1.165, 1.54) is 24.0 Å². The maximum Gasteiger partial charge on any atom is 0.240 e. The number of carbonyl (C=O) groups is 1. The molecule has 1 aliphatic rings. The van der Waals surface area contributed by atoms with E-state index in [4.69, 9.17) is 17.0 Å². The predicted molar refractivity (Wildman–Crippen MR) is 137 cm³/mol. The molecule has 0 saturated carbocycles. The smallest absolute Gasteiger partial charge is 0.240 e. The number of amides is 1. The van der Waals surface area contributed by atoms with Crippen LogP contribution in [0.3, 0.4) is 0 Å². The molecule has 0 spiro atoms. The van der Waals surface area contributed by atoms with E-state index in [-0.39, 0.29) is 18.5 Å². The second-order valence-corrected chi connectivity index (χ2v) is 9.78. The minimum atomic E-state index is -0.203. The number of nitrogens with zero attached hydrogens (tertiary/aromatic N) is 2. The molecule has 1 atom stereocenters. The van der Waals surface area contributed by atoms with Crippen LogP contribution in [0.2, 0.25) is 0 Å². The van der Waals surface area contributed by atoms with Crippen LogP contribution in [0.4, 0.5) is 0 Å². The summed E-state index contributed by atoms with van der Waals surface area (Å²) < 4.78 is 7.37. The Labute approximate surface area is 207 Å². The number of hydrogen-bond donors (Lipinski definition) is 2. The van der Waals surface area contributed by atoms with E-state index in [2.05, 4.69) is 39.8 Å². The molecule has 0 fully saturated rings. The van der Waals surface area contributed by atoms with Crippen molar-refractivity contribution in [1.82, 2.24) is 20.1 Å². The summed E-state index contributed by atoms with van der Waals surface area (Å²) in [7, 11) is 1.63. The molecule has 2 aromatic heterocycles. The number of nitrogens with one attached hydrogen (secondary N) is 2. The molecule has 8 heteroatoms. The van der Waals surface area contributed by atoms with Gasteiger partial charge >= 0.3 is 0 Å². The Kier molecular flexibility index (Phi) is 6.60. The van der Waals surface area contributed by atoms with Crippen molar-refractivity contribution in [2.45, 2.75) is 38.3 Å². The van der Waals surface area contributed by atoms with E-state index >= 15 is 0 Å². The molecule has 0 radical (unpaired) electrons. The molecule has 174 valence electrons. The first-order valence-electron chi connectivity index (χ1n) is 11.4. The Hall–Kier alpha value is -3.23. The fourth-order valence-electron chi connectivity index (χ4n) is 4.48. The molecular formula is C26H26N4O2S2. The first kappa shape index (κ1) is 22.6. The molecule has 34 heavy (non-hydrogen) atoms. The van der Waals surface area contributed by atoms with Gasteiger partial charge in [0.1, 0.15) is 12.3 Å². The predicted octanol–water partition coefficient (Wildman–Crippen LogP) is 5.46. The molecule has 2 heterocycles. The quantitative estimate of drug-likeness (QED) is 0.337. The molecule has 1 amide bonds. The molecule has 2 aromatic carbocycles. The van der Waals surface area contributed by atoms with E-state index < -0.39 is 0 Å². The van der Waals surface area contributed by atoms with E-state index in [0.717, 1.165) is 34.6 Å². The third kappa shape index (κ3) is 4.69. The van der Waals surface area contributed by atoms with Crippen LogP contribution in [0, 0.1) is 4.77 Å². The SMILES string of the molecule is COc1ccc(-c2n[nH]c(=S)n2CC(=O)NC(c2ccc3c(c2)CCCC3)c2cccs2)cc1. The Balaban J connectivity index is 1.40. The summed E-state index contributed by atoms with van der Waals surface area (Å²) in [6.45, 7) is 0.0729. The average Bonchev–Trinajstić information content (AvgIpc) is 3.53. The number of benzene rings is 2. The summed E-state index contributed by atoms with van der Waals surface area (Å²) in [5, 5.41) is 12.5. The lowest BCUT2D eigenvalue weighted by molar-refractivity contribution is -0.122. The van der Waals surface area contributed by atoms with E-state index in [1.807, 2.05) is 35.7 Å². The van der Waals surface area contributed by atoms with Gasteiger partial charge in [0.05, 0.1) is 13.2 Å². The summed E-state index contributed by atoms with van der Waals surface area (Å²) in [6.07, 6.45) is 4.71. The van der Waals surface area contributed by atoms with E-state index in [9.17, 15) is 4.79 Å². The van der Waals surface area contributed by atoms with Crippen LogP contribution in [0.15, 0.2) is 60.0 Å². The highest BCUT2D eigenvalue weighted by Gasteiger charge is 2.21. The van der Waals surface area contributed by atoms with Crippen molar-refractivity contribution in [3.05, 3.63) is 86.3 Å². The zero-order valence-corrected chi connectivity index (χ0v) is 20.5. The monoisotopic (exact) mass is 490 g/mol. The molecule has 0 saturated heterocycles. The normalized spacial score (nSPS) is 13.8. The molecular weight excluding hydrogens is 464 g/mol. The number of hydrogen-bond acceptors (Lipinski definition) is 5. The van der Waals surface area contributed by atoms with Crippen LogP contribution in [0.25, 0.3) is 11.4 Å². The van der Waals surface area contributed by atoms with Gasteiger partial charge in [0.15, 0.2) is 10.6 Å². The fourth-order valence-corrected chi connectivity index (χ4v) is 5.48. The number of fused-ring (bicyclic) bond motifs is 1. The first-order chi connectivity index (χ1) is 16.6. The number of methoxy groups -OCH3 is 1. The highest BCUT2D eigenvalue weighted by atomic mass is 32.1. The maximum absolute atomic E-state index is 13.3. The summed E-state index contributed by atoms with van der Waals surface area (Å²) in [5.74, 6) is 1.25. The number of ether oxygens (including phenoxy) is 1. The minimum absolute atomic E-state index is 0.0729. The third-order valence-corrected chi connectivity index (χ3v) is 7.50. The largest absolute Gasteiger partial charge is 0.497 e. The molecule has 2 N–H and O–H groups in total. The summed E-state index contributed by atoms with van der Waals surface area (Å²) >= 11 is 7.08. The van der Waals surface area contributed by atoms with Gasteiger partial charge in [0, 0.05) is 10.4 Å².